The van der Waals surface area contributed by atoms with E-state index in [-0.39, 0.29) is 6.61 Å². The van der Waals surface area contributed by atoms with Crippen molar-refractivity contribution in [2.24, 2.45) is 0 Å². The van der Waals surface area contributed by atoms with Gasteiger partial charge in [0.05, 0.1) is 13.2 Å². The SMILES string of the molecule is CCOc1cccc(N(CCO)C2CC2)n1. The number of aliphatic hydroxyl groups excluding tert-OH is 1. The van der Waals surface area contributed by atoms with Gasteiger partial charge in [-0.05, 0) is 25.8 Å². The first kappa shape index (κ1) is 11.2. The van der Waals surface area contributed by atoms with Crippen LogP contribution in [0.4, 0.5) is 5.82 Å². The highest BCUT2D eigenvalue weighted by Gasteiger charge is 2.29. The molecule has 0 atom stereocenters. The van der Waals surface area contributed by atoms with Gasteiger partial charge < -0.3 is 14.7 Å². The molecule has 2 rings (SSSR count). The number of nitrogens with zero attached hydrogens (tertiary/aromatic N) is 2. The second-order valence-electron chi connectivity index (χ2n) is 3.92. The van der Waals surface area contributed by atoms with Gasteiger partial charge in [-0.3, -0.25) is 0 Å². The van der Waals surface area contributed by atoms with Crippen LogP contribution in [0, 0.1) is 0 Å². The molecule has 0 spiro atoms. The third-order valence-corrected chi connectivity index (χ3v) is 2.62. The van der Waals surface area contributed by atoms with Crippen LogP contribution in [0.1, 0.15) is 19.8 Å². The Morgan fingerprint density at radius 3 is 2.94 bits per heavy atom. The van der Waals surface area contributed by atoms with E-state index in [1.807, 2.05) is 25.1 Å². The van der Waals surface area contributed by atoms with Crippen LogP contribution in [0.25, 0.3) is 0 Å². The minimum Gasteiger partial charge on any atom is -0.478 e. The van der Waals surface area contributed by atoms with E-state index in [9.17, 15) is 0 Å². The normalized spacial score (nSPS) is 14.9. The molecule has 4 nitrogen and oxygen atoms in total. The maximum absolute atomic E-state index is 9.05. The molecule has 1 fully saturated rings. The molecule has 1 aliphatic rings. The van der Waals surface area contributed by atoms with Gasteiger partial charge in [-0.2, -0.15) is 4.98 Å². The lowest BCUT2D eigenvalue weighted by atomic mass is 10.4. The van der Waals surface area contributed by atoms with E-state index >= 15 is 0 Å². The summed E-state index contributed by atoms with van der Waals surface area (Å²) in [7, 11) is 0. The Labute approximate surface area is 95.9 Å². The minimum absolute atomic E-state index is 0.164. The highest BCUT2D eigenvalue weighted by molar-refractivity contribution is 5.43. The molecule has 0 amide bonds. The Morgan fingerprint density at radius 1 is 1.50 bits per heavy atom. The van der Waals surface area contributed by atoms with Gasteiger partial charge in [0.15, 0.2) is 0 Å². The number of rotatable bonds is 6. The van der Waals surface area contributed by atoms with E-state index < -0.39 is 0 Å². The van der Waals surface area contributed by atoms with Crippen molar-refractivity contribution in [3.05, 3.63) is 18.2 Å². The number of pyridine rings is 1. The average molecular weight is 222 g/mol. The summed E-state index contributed by atoms with van der Waals surface area (Å²) in [5.74, 6) is 1.56. The Balaban J connectivity index is 2.12. The Morgan fingerprint density at radius 2 is 2.31 bits per heavy atom. The molecule has 1 aliphatic carbocycles. The van der Waals surface area contributed by atoms with Gasteiger partial charge >= 0.3 is 0 Å². The molecule has 1 aromatic rings. The van der Waals surface area contributed by atoms with Crippen LogP contribution in [-0.2, 0) is 0 Å². The van der Waals surface area contributed by atoms with Crippen molar-refractivity contribution in [3.8, 4) is 5.88 Å². The summed E-state index contributed by atoms with van der Waals surface area (Å²) in [4.78, 5) is 6.59. The second kappa shape index (κ2) is 5.16. The van der Waals surface area contributed by atoms with Gasteiger partial charge in [0.2, 0.25) is 5.88 Å². The average Bonchev–Trinajstić information content (AvgIpc) is 3.11. The third kappa shape index (κ3) is 2.64. The molecule has 1 aromatic heterocycles. The van der Waals surface area contributed by atoms with Gasteiger partial charge in [-0.15, -0.1) is 0 Å². The smallest absolute Gasteiger partial charge is 0.215 e. The van der Waals surface area contributed by atoms with Crippen molar-refractivity contribution in [1.82, 2.24) is 4.98 Å². The molecule has 0 saturated heterocycles. The topological polar surface area (TPSA) is 45.6 Å². The molecule has 1 heterocycles. The predicted octanol–water partition coefficient (Wildman–Crippen LogP) is 1.44. The van der Waals surface area contributed by atoms with E-state index in [0.717, 1.165) is 5.82 Å². The van der Waals surface area contributed by atoms with Crippen LogP contribution in [0.2, 0.25) is 0 Å². The van der Waals surface area contributed by atoms with Crippen LogP contribution in [-0.4, -0.2) is 35.9 Å². The summed E-state index contributed by atoms with van der Waals surface area (Å²) in [5.41, 5.74) is 0. The first-order valence-corrected chi connectivity index (χ1v) is 5.82. The fourth-order valence-corrected chi connectivity index (χ4v) is 1.77. The third-order valence-electron chi connectivity index (χ3n) is 2.62. The van der Waals surface area contributed by atoms with Crippen molar-refractivity contribution in [3.63, 3.8) is 0 Å². The van der Waals surface area contributed by atoms with Crippen molar-refractivity contribution in [2.45, 2.75) is 25.8 Å². The van der Waals surface area contributed by atoms with Crippen LogP contribution in [0.15, 0.2) is 18.2 Å². The number of hydrogen-bond donors (Lipinski definition) is 1. The number of aromatic nitrogens is 1. The molecule has 0 aliphatic heterocycles. The minimum atomic E-state index is 0.164. The zero-order valence-electron chi connectivity index (χ0n) is 9.59. The highest BCUT2D eigenvalue weighted by Crippen LogP contribution is 2.30. The molecule has 0 aromatic carbocycles. The van der Waals surface area contributed by atoms with E-state index in [1.54, 1.807) is 0 Å². The summed E-state index contributed by atoms with van der Waals surface area (Å²) in [5, 5.41) is 9.05. The predicted molar refractivity (Wildman–Crippen MR) is 62.9 cm³/mol. The summed E-state index contributed by atoms with van der Waals surface area (Å²) in [6, 6.07) is 6.32. The summed E-state index contributed by atoms with van der Waals surface area (Å²) in [6.45, 7) is 3.38. The number of aliphatic hydroxyl groups is 1. The lowest BCUT2D eigenvalue weighted by molar-refractivity contribution is 0.300. The standard InChI is InChI=1S/C12H18N2O2/c1-2-16-12-5-3-4-11(13-12)14(8-9-15)10-6-7-10/h3-5,10,15H,2,6-9H2,1H3. The summed E-state index contributed by atoms with van der Waals surface area (Å²) < 4.78 is 5.37. The van der Waals surface area contributed by atoms with Crippen molar-refractivity contribution < 1.29 is 9.84 Å². The summed E-state index contributed by atoms with van der Waals surface area (Å²) in [6.07, 6.45) is 2.39. The maximum atomic E-state index is 9.05. The molecule has 1 N–H and O–H groups in total. The zero-order chi connectivity index (χ0) is 11.4. The fourth-order valence-electron chi connectivity index (χ4n) is 1.77. The van der Waals surface area contributed by atoms with Crippen molar-refractivity contribution >= 4 is 5.82 Å². The zero-order valence-corrected chi connectivity index (χ0v) is 9.59. The molecule has 88 valence electrons. The lowest BCUT2D eigenvalue weighted by Gasteiger charge is -2.22. The fraction of sp³-hybridized carbons (Fsp3) is 0.583. The molecule has 0 radical (unpaired) electrons. The quantitative estimate of drug-likeness (QED) is 0.791. The molecule has 0 bridgehead atoms. The van der Waals surface area contributed by atoms with Crippen LogP contribution in [0.5, 0.6) is 5.88 Å². The van der Waals surface area contributed by atoms with Gasteiger partial charge in [0, 0.05) is 18.7 Å². The largest absolute Gasteiger partial charge is 0.478 e. The highest BCUT2D eigenvalue weighted by atomic mass is 16.5. The number of hydrogen-bond acceptors (Lipinski definition) is 4. The molecule has 16 heavy (non-hydrogen) atoms. The van der Waals surface area contributed by atoms with Crippen molar-refractivity contribution in [2.75, 3.05) is 24.7 Å². The van der Waals surface area contributed by atoms with E-state index in [2.05, 4.69) is 9.88 Å². The second-order valence-corrected chi connectivity index (χ2v) is 3.92. The monoisotopic (exact) mass is 222 g/mol. The Hall–Kier alpha value is -1.29. The molecular weight excluding hydrogens is 204 g/mol. The molecular formula is C12H18N2O2. The number of anilines is 1. The molecule has 1 saturated carbocycles. The maximum Gasteiger partial charge on any atom is 0.215 e. The Kier molecular flexibility index (Phi) is 3.62. The lowest BCUT2D eigenvalue weighted by Crippen LogP contribution is -2.29. The van der Waals surface area contributed by atoms with Crippen LogP contribution < -0.4 is 9.64 Å². The first-order chi connectivity index (χ1) is 7.85. The van der Waals surface area contributed by atoms with Crippen molar-refractivity contribution in [1.29, 1.82) is 0 Å². The van der Waals surface area contributed by atoms with Crippen LogP contribution in [0.3, 0.4) is 0 Å². The van der Waals surface area contributed by atoms with E-state index in [1.165, 1.54) is 12.8 Å². The first-order valence-electron chi connectivity index (χ1n) is 5.82. The molecule has 4 heteroatoms. The van der Waals surface area contributed by atoms with E-state index in [0.29, 0.717) is 25.1 Å². The number of ether oxygens (including phenoxy) is 1. The van der Waals surface area contributed by atoms with Gasteiger partial charge in [0.1, 0.15) is 5.82 Å². The Bertz CT molecular complexity index is 340. The van der Waals surface area contributed by atoms with Gasteiger partial charge in [-0.25, -0.2) is 0 Å². The van der Waals surface area contributed by atoms with Crippen LogP contribution >= 0.6 is 0 Å². The summed E-state index contributed by atoms with van der Waals surface area (Å²) >= 11 is 0. The van der Waals surface area contributed by atoms with Gasteiger partial charge in [0.25, 0.3) is 0 Å². The van der Waals surface area contributed by atoms with Gasteiger partial charge in [-0.1, -0.05) is 6.07 Å². The molecule has 0 unspecified atom stereocenters. The van der Waals surface area contributed by atoms with E-state index in [4.69, 9.17) is 9.84 Å².